The third kappa shape index (κ3) is 4.53. The largest absolute Gasteiger partial charge is 0.383 e. The van der Waals surface area contributed by atoms with E-state index in [1.54, 1.807) is 7.11 Å². The Morgan fingerprint density at radius 1 is 1.23 bits per heavy atom. The third-order valence-electron chi connectivity index (χ3n) is 3.15. The highest BCUT2D eigenvalue weighted by Gasteiger charge is 2.12. The van der Waals surface area contributed by atoms with Gasteiger partial charge in [-0.25, -0.2) is 9.97 Å². The van der Waals surface area contributed by atoms with Crippen molar-refractivity contribution >= 4 is 11.9 Å². The fraction of sp³-hybridized carbons (Fsp3) is 0.312. The highest BCUT2D eigenvalue weighted by Crippen LogP contribution is 2.12. The van der Waals surface area contributed by atoms with E-state index in [0.717, 1.165) is 5.56 Å². The molecular formula is C16H20N4O2. The molecule has 116 valence electrons. The topological polar surface area (TPSA) is 76.1 Å². The quantitative estimate of drug-likeness (QED) is 0.765. The Balaban J connectivity index is 1.92. The Kier molecular flexibility index (Phi) is 5.85. The monoisotopic (exact) mass is 300 g/mol. The molecule has 1 unspecified atom stereocenters. The number of hydrogen-bond acceptors (Lipinski definition) is 5. The minimum absolute atomic E-state index is 0.0757. The normalized spacial score (nSPS) is 11.7. The van der Waals surface area contributed by atoms with Crippen LogP contribution in [0.3, 0.4) is 0 Å². The van der Waals surface area contributed by atoms with E-state index in [9.17, 15) is 4.79 Å². The van der Waals surface area contributed by atoms with Gasteiger partial charge in [-0.1, -0.05) is 30.3 Å². The number of hydrogen-bond donors (Lipinski definition) is 2. The summed E-state index contributed by atoms with van der Waals surface area (Å²) in [6.45, 7) is 3.13. The molecule has 1 aromatic heterocycles. The van der Waals surface area contributed by atoms with E-state index in [1.165, 1.54) is 12.4 Å². The summed E-state index contributed by atoms with van der Waals surface area (Å²) in [5, 5.41) is 5.92. The van der Waals surface area contributed by atoms with E-state index in [-0.39, 0.29) is 11.9 Å². The predicted molar refractivity (Wildman–Crippen MR) is 84.7 cm³/mol. The molecule has 0 spiro atoms. The van der Waals surface area contributed by atoms with Crippen molar-refractivity contribution in [1.29, 1.82) is 0 Å². The molecule has 2 rings (SSSR count). The Bertz CT molecular complexity index is 587. The smallest absolute Gasteiger partial charge is 0.254 e. The van der Waals surface area contributed by atoms with Crippen molar-refractivity contribution in [2.24, 2.45) is 0 Å². The van der Waals surface area contributed by atoms with Gasteiger partial charge in [-0.3, -0.25) is 4.79 Å². The first-order chi connectivity index (χ1) is 10.7. The maximum Gasteiger partial charge on any atom is 0.254 e. The van der Waals surface area contributed by atoms with Crippen LogP contribution in [0.25, 0.3) is 0 Å². The highest BCUT2D eigenvalue weighted by molar-refractivity contribution is 5.93. The second-order valence-corrected chi connectivity index (χ2v) is 4.82. The lowest BCUT2D eigenvalue weighted by Gasteiger charge is -2.14. The number of amides is 1. The molecule has 22 heavy (non-hydrogen) atoms. The number of methoxy groups -OCH3 is 1. The Morgan fingerprint density at radius 3 is 2.55 bits per heavy atom. The summed E-state index contributed by atoms with van der Waals surface area (Å²) in [6.07, 6.45) is 3.02. The lowest BCUT2D eigenvalue weighted by atomic mass is 10.1. The molecule has 1 atom stereocenters. The molecule has 0 aliphatic heterocycles. The fourth-order valence-electron chi connectivity index (χ4n) is 1.91. The molecule has 1 aromatic carbocycles. The molecule has 6 nitrogen and oxygen atoms in total. The van der Waals surface area contributed by atoms with Gasteiger partial charge in [0.1, 0.15) is 0 Å². The predicted octanol–water partition coefficient (Wildman–Crippen LogP) is 2.03. The second-order valence-electron chi connectivity index (χ2n) is 4.82. The minimum Gasteiger partial charge on any atom is -0.383 e. The van der Waals surface area contributed by atoms with E-state index in [4.69, 9.17) is 4.74 Å². The average molecular weight is 300 g/mol. The van der Waals surface area contributed by atoms with Gasteiger partial charge in [0.15, 0.2) is 0 Å². The van der Waals surface area contributed by atoms with Crippen molar-refractivity contribution in [3.63, 3.8) is 0 Å². The van der Waals surface area contributed by atoms with Crippen LogP contribution in [0.2, 0.25) is 0 Å². The van der Waals surface area contributed by atoms with Crippen LogP contribution >= 0.6 is 0 Å². The molecule has 1 heterocycles. The average Bonchev–Trinajstić information content (AvgIpc) is 2.56. The number of anilines is 1. The molecule has 0 aliphatic rings. The summed E-state index contributed by atoms with van der Waals surface area (Å²) in [6, 6.07) is 9.71. The molecule has 2 aromatic rings. The number of rotatable bonds is 7. The highest BCUT2D eigenvalue weighted by atomic mass is 16.5. The van der Waals surface area contributed by atoms with E-state index in [2.05, 4.69) is 20.6 Å². The van der Waals surface area contributed by atoms with Crippen molar-refractivity contribution in [1.82, 2.24) is 15.3 Å². The maximum atomic E-state index is 12.2. The maximum absolute atomic E-state index is 12.2. The van der Waals surface area contributed by atoms with E-state index in [0.29, 0.717) is 24.7 Å². The second kappa shape index (κ2) is 8.09. The van der Waals surface area contributed by atoms with E-state index >= 15 is 0 Å². The van der Waals surface area contributed by atoms with Crippen LogP contribution in [-0.4, -0.2) is 36.1 Å². The first kappa shape index (κ1) is 15.9. The molecule has 0 saturated carbocycles. The third-order valence-corrected chi connectivity index (χ3v) is 3.15. The zero-order chi connectivity index (χ0) is 15.8. The molecule has 0 radical (unpaired) electrons. The van der Waals surface area contributed by atoms with E-state index in [1.807, 2.05) is 37.3 Å². The molecule has 0 fully saturated rings. The number of benzene rings is 1. The summed E-state index contributed by atoms with van der Waals surface area (Å²) in [4.78, 5) is 20.4. The van der Waals surface area contributed by atoms with Crippen molar-refractivity contribution in [2.45, 2.75) is 13.0 Å². The summed E-state index contributed by atoms with van der Waals surface area (Å²) in [5.74, 6) is 0.282. The van der Waals surface area contributed by atoms with Gasteiger partial charge in [-0.2, -0.15) is 0 Å². The lowest BCUT2D eigenvalue weighted by Crippen LogP contribution is -2.27. The first-order valence-electron chi connectivity index (χ1n) is 7.11. The SMILES string of the molecule is COCCNc1ncc(C(=O)NC(C)c2ccccc2)cn1. The standard InChI is InChI=1S/C16H20N4O2/c1-12(13-6-4-3-5-7-13)20-15(21)14-10-18-16(19-11-14)17-8-9-22-2/h3-7,10-12H,8-9H2,1-2H3,(H,20,21)(H,17,18,19). The van der Waals surface area contributed by atoms with Gasteiger partial charge in [0, 0.05) is 26.0 Å². The Morgan fingerprint density at radius 2 is 1.91 bits per heavy atom. The number of carbonyl (C=O) groups excluding carboxylic acids is 1. The molecule has 1 amide bonds. The zero-order valence-corrected chi connectivity index (χ0v) is 12.7. The van der Waals surface area contributed by atoms with Crippen molar-refractivity contribution in [3.05, 3.63) is 53.9 Å². The van der Waals surface area contributed by atoms with Gasteiger partial charge in [-0.05, 0) is 12.5 Å². The van der Waals surface area contributed by atoms with Gasteiger partial charge in [0.25, 0.3) is 5.91 Å². The fourth-order valence-corrected chi connectivity index (χ4v) is 1.91. The van der Waals surface area contributed by atoms with Crippen LogP contribution in [0.15, 0.2) is 42.7 Å². The molecule has 0 saturated heterocycles. The lowest BCUT2D eigenvalue weighted by molar-refractivity contribution is 0.0939. The minimum atomic E-state index is -0.195. The van der Waals surface area contributed by atoms with Gasteiger partial charge in [0.05, 0.1) is 18.2 Å². The summed E-state index contributed by atoms with van der Waals surface area (Å²) in [5.41, 5.74) is 1.48. The van der Waals surface area contributed by atoms with Gasteiger partial charge in [-0.15, -0.1) is 0 Å². The van der Waals surface area contributed by atoms with Gasteiger partial charge < -0.3 is 15.4 Å². The van der Waals surface area contributed by atoms with Crippen LogP contribution in [0.5, 0.6) is 0 Å². The Hall–Kier alpha value is -2.47. The number of carbonyl (C=O) groups is 1. The summed E-state index contributed by atoms with van der Waals surface area (Å²) in [7, 11) is 1.63. The number of ether oxygens (including phenoxy) is 1. The number of nitrogens with zero attached hydrogens (tertiary/aromatic N) is 2. The molecule has 0 bridgehead atoms. The number of nitrogens with one attached hydrogen (secondary N) is 2. The first-order valence-corrected chi connectivity index (χ1v) is 7.11. The van der Waals surface area contributed by atoms with Gasteiger partial charge in [0.2, 0.25) is 5.95 Å². The molecule has 0 aliphatic carbocycles. The zero-order valence-electron chi connectivity index (χ0n) is 12.7. The van der Waals surface area contributed by atoms with Crippen LogP contribution in [0, 0.1) is 0 Å². The number of aromatic nitrogens is 2. The molecular weight excluding hydrogens is 280 g/mol. The van der Waals surface area contributed by atoms with Crippen LogP contribution in [-0.2, 0) is 4.74 Å². The van der Waals surface area contributed by atoms with E-state index < -0.39 is 0 Å². The van der Waals surface area contributed by atoms with Crippen molar-refractivity contribution < 1.29 is 9.53 Å². The summed E-state index contributed by atoms with van der Waals surface area (Å²) >= 11 is 0. The van der Waals surface area contributed by atoms with Crippen LogP contribution in [0.4, 0.5) is 5.95 Å². The molecule has 2 N–H and O–H groups in total. The van der Waals surface area contributed by atoms with Crippen molar-refractivity contribution in [3.8, 4) is 0 Å². The molecule has 6 heteroatoms. The van der Waals surface area contributed by atoms with Crippen LogP contribution < -0.4 is 10.6 Å². The van der Waals surface area contributed by atoms with Gasteiger partial charge >= 0.3 is 0 Å². The van der Waals surface area contributed by atoms with Crippen LogP contribution in [0.1, 0.15) is 28.9 Å². The Labute approximate surface area is 129 Å². The summed E-state index contributed by atoms with van der Waals surface area (Å²) < 4.78 is 4.93. The van der Waals surface area contributed by atoms with Crippen molar-refractivity contribution in [2.75, 3.05) is 25.6 Å².